The van der Waals surface area contributed by atoms with Crippen molar-refractivity contribution < 1.29 is 14.3 Å². The average molecular weight is 304 g/mol. The molecule has 0 bridgehead atoms. The van der Waals surface area contributed by atoms with Crippen LogP contribution in [-0.2, 0) is 4.74 Å². The maximum absolute atomic E-state index is 12.2. The van der Waals surface area contributed by atoms with Crippen LogP contribution in [0.2, 0.25) is 5.15 Å². The lowest BCUT2D eigenvalue weighted by Crippen LogP contribution is -2.24. The summed E-state index contributed by atoms with van der Waals surface area (Å²) in [6.45, 7) is 3.48. The SMILES string of the molecule is Cc1ccc(C(=O)[C@@H](C)OC(=O)c2ccc(Cl)nc2)cc1. The highest BCUT2D eigenvalue weighted by Gasteiger charge is 2.20. The van der Waals surface area contributed by atoms with Gasteiger partial charge >= 0.3 is 5.97 Å². The number of carbonyl (C=O) groups is 2. The van der Waals surface area contributed by atoms with Gasteiger partial charge in [0.1, 0.15) is 5.15 Å². The van der Waals surface area contributed by atoms with Gasteiger partial charge in [-0.15, -0.1) is 0 Å². The van der Waals surface area contributed by atoms with Crippen LogP contribution in [0.4, 0.5) is 0 Å². The molecule has 1 aromatic heterocycles. The molecule has 0 fully saturated rings. The summed E-state index contributed by atoms with van der Waals surface area (Å²) in [4.78, 5) is 27.9. The first-order valence-electron chi connectivity index (χ1n) is 6.41. The zero-order chi connectivity index (χ0) is 15.4. The lowest BCUT2D eigenvalue weighted by Gasteiger charge is -2.12. The predicted molar refractivity (Wildman–Crippen MR) is 79.6 cm³/mol. The molecule has 0 aliphatic heterocycles. The van der Waals surface area contributed by atoms with E-state index in [1.807, 2.05) is 19.1 Å². The van der Waals surface area contributed by atoms with Crippen molar-refractivity contribution in [1.82, 2.24) is 4.98 Å². The molecule has 1 aromatic carbocycles. The Balaban J connectivity index is 2.05. The van der Waals surface area contributed by atoms with Crippen molar-refractivity contribution in [3.05, 3.63) is 64.4 Å². The Kier molecular flexibility index (Phi) is 4.70. The Bertz CT molecular complexity index is 650. The predicted octanol–water partition coefficient (Wildman–Crippen LogP) is 3.47. The van der Waals surface area contributed by atoms with Crippen LogP contribution in [0.25, 0.3) is 0 Å². The van der Waals surface area contributed by atoms with E-state index >= 15 is 0 Å². The van der Waals surface area contributed by atoms with E-state index in [1.165, 1.54) is 18.3 Å². The molecule has 0 radical (unpaired) electrons. The summed E-state index contributed by atoms with van der Waals surface area (Å²) in [7, 11) is 0. The van der Waals surface area contributed by atoms with E-state index in [2.05, 4.69) is 4.98 Å². The van der Waals surface area contributed by atoms with Crippen LogP contribution < -0.4 is 0 Å². The van der Waals surface area contributed by atoms with Crippen molar-refractivity contribution in [3.8, 4) is 0 Å². The van der Waals surface area contributed by atoms with Crippen LogP contribution >= 0.6 is 11.6 Å². The molecule has 2 rings (SSSR count). The molecular weight excluding hydrogens is 290 g/mol. The van der Waals surface area contributed by atoms with Crippen molar-refractivity contribution in [1.29, 1.82) is 0 Å². The fraction of sp³-hybridized carbons (Fsp3) is 0.188. The van der Waals surface area contributed by atoms with Crippen molar-refractivity contribution >= 4 is 23.4 Å². The minimum atomic E-state index is -0.865. The first-order chi connectivity index (χ1) is 9.97. The molecule has 0 spiro atoms. The van der Waals surface area contributed by atoms with E-state index in [9.17, 15) is 9.59 Å². The van der Waals surface area contributed by atoms with Gasteiger partial charge in [-0.2, -0.15) is 0 Å². The molecule has 0 aliphatic rings. The Labute approximate surface area is 127 Å². The van der Waals surface area contributed by atoms with Gasteiger partial charge in [-0.3, -0.25) is 4.79 Å². The topological polar surface area (TPSA) is 56.3 Å². The number of nitrogens with zero attached hydrogens (tertiary/aromatic N) is 1. The lowest BCUT2D eigenvalue weighted by atomic mass is 10.1. The number of carbonyl (C=O) groups excluding carboxylic acids is 2. The molecule has 21 heavy (non-hydrogen) atoms. The monoisotopic (exact) mass is 303 g/mol. The number of aryl methyl sites for hydroxylation is 1. The summed E-state index contributed by atoms with van der Waals surface area (Å²) >= 11 is 5.65. The second-order valence-corrected chi connectivity index (χ2v) is 5.03. The largest absolute Gasteiger partial charge is 0.451 e. The second-order valence-electron chi connectivity index (χ2n) is 4.65. The molecule has 0 saturated heterocycles. The first-order valence-corrected chi connectivity index (χ1v) is 6.78. The van der Waals surface area contributed by atoms with Gasteiger partial charge in [-0.1, -0.05) is 41.4 Å². The zero-order valence-corrected chi connectivity index (χ0v) is 12.4. The lowest BCUT2D eigenvalue weighted by molar-refractivity contribution is 0.0318. The van der Waals surface area contributed by atoms with Crippen LogP contribution in [0.15, 0.2) is 42.6 Å². The van der Waals surface area contributed by atoms with Crippen molar-refractivity contribution in [2.24, 2.45) is 0 Å². The standard InChI is InChI=1S/C16H14ClNO3/c1-10-3-5-12(6-4-10)15(19)11(2)21-16(20)13-7-8-14(17)18-9-13/h3-9,11H,1-2H3/t11-/m1/s1. The molecule has 4 nitrogen and oxygen atoms in total. The second kappa shape index (κ2) is 6.50. The van der Waals surface area contributed by atoms with E-state index in [1.54, 1.807) is 19.1 Å². The normalized spacial score (nSPS) is 11.8. The molecule has 1 heterocycles. The number of aromatic nitrogens is 1. The van der Waals surface area contributed by atoms with Crippen LogP contribution in [0.3, 0.4) is 0 Å². The molecule has 0 amide bonds. The van der Waals surface area contributed by atoms with E-state index in [4.69, 9.17) is 16.3 Å². The third kappa shape index (κ3) is 3.89. The molecule has 0 aliphatic carbocycles. The Morgan fingerprint density at radius 2 is 1.71 bits per heavy atom. The fourth-order valence-corrected chi connectivity index (χ4v) is 1.84. The van der Waals surface area contributed by atoms with Gasteiger partial charge in [-0.25, -0.2) is 9.78 Å². The number of rotatable bonds is 4. The smallest absolute Gasteiger partial charge is 0.340 e. The number of ether oxygens (including phenoxy) is 1. The maximum atomic E-state index is 12.2. The summed E-state index contributed by atoms with van der Waals surface area (Å²) in [5, 5.41) is 0.287. The number of benzene rings is 1. The van der Waals surface area contributed by atoms with E-state index in [0.717, 1.165) is 5.56 Å². The van der Waals surface area contributed by atoms with Gasteiger partial charge in [0, 0.05) is 11.8 Å². The minimum Gasteiger partial charge on any atom is -0.451 e. The first kappa shape index (κ1) is 15.2. The Hall–Kier alpha value is -2.20. The number of halogens is 1. The van der Waals surface area contributed by atoms with Gasteiger partial charge in [0.2, 0.25) is 5.78 Å². The summed E-state index contributed by atoms with van der Waals surface area (Å²) in [6, 6.07) is 10.1. The molecule has 0 saturated carbocycles. The summed E-state index contributed by atoms with van der Waals surface area (Å²) in [5.74, 6) is -0.850. The number of hydrogen-bond acceptors (Lipinski definition) is 4. The number of pyridine rings is 1. The Morgan fingerprint density at radius 3 is 2.29 bits per heavy atom. The maximum Gasteiger partial charge on any atom is 0.340 e. The molecule has 0 N–H and O–H groups in total. The summed E-state index contributed by atoms with van der Waals surface area (Å²) in [5.41, 5.74) is 1.82. The van der Waals surface area contributed by atoms with Crippen LogP contribution in [0, 0.1) is 6.92 Å². The Morgan fingerprint density at radius 1 is 1.10 bits per heavy atom. The third-order valence-corrected chi connectivity index (χ3v) is 3.18. The highest BCUT2D eigenvalue weighted by atomic mass is 35.5. The van der Waals surface area contributed by atoms with Crippen molar-refractivity contribution in [3.63, 3.8) is 0 Å². The number of Topliss-reactive ketones (excluding diaryl/α,β-unsaturated/α-hetero) is 1. The molecule has 1 atom stereocenters. The quantitative estimate of drug-likeness (QED) is 0.493. The number of esters is 1. The van der Waals surface area contributed by atoms with Crippen molar-refractivity contribution in [2.45, 2.75) is 20.0 Å². The van der Waals surface area contributed by atoms with E-state index in [0.29, 0.717) is 5.56 Å². The van der Waals surface area contributed by atoms with Gasteiger partial charge in [0.25, 0.3) is 0 Å². The van der Waals surface area contributed by atoms with Crippen LogP contribution in [-0.4, -0.2) is 22.8 Å². The highest BCUT2D eigenvalue weighted by molar-refractivity contribution is 6.29. The summed E-state index contributed by atoms with van der Waals surface area (Å²) < 4.78 is 5.15. The average Bonchev–Trinajstić information content (AvgIpc) is 2.47. The molecular formula is C16H14ClNO3. The third-order valence-electron chi connectivity index (χ3n) is 2.95. The number of hydrogen-bond donors (Lipinski definition) is 0. The number of ketones is 1. The zero-order valence-electron chi connectivity index (χ0n) is 11.7. The fourth-order valence-electron chi connectivity index (χ4n) is 1.73. The van der Waals surface area contributed by atoms with Gasteiger partial charge in [-0.05, 0) is 26.0 Å². The summed E-state index contributed by atoms with van der Waals surface area (Å²) in [6.07, 6.45) is 0.448. The van der Waals surface area contributed by atoms with Gasteiger partial charge in [0.05, 0.1) is 5.56 Å². The highest BCUT2D eigenvalue weighted by Crippen LogP contribution is 2.11. The molecule has 5 heteroatoms. The van der Waals surface area contributed by atoms with Gasteiger partial charge < -0.3 is 4.74 Å². The van der Waals surface area contributed by atoms with Crippen LogP contribution in [0.5, 0.6) is 0 Å². The van der Waals surface area contributed by atoms with Crippen molar-refractivity contribution in [2.75, 3.05) is 0 Å². The molecule has 2 aromatic rings. The van der Waals surface area contributed by atoms with E-state index < -0.39 is 12.1 Å². The molecule has 108 valence electrons. The van der Waals surface area contributed by atoms with Gasteiger partial charge in [0.15, 0.2) is 6.10 Å². The van der Waals surface area contributed by atoms with E-state index in [-0.39, 0.29) is 16.5 Å². The van der Waals surface area contributed by atoms with Crippen LogP contribution in [0.1, 0.15) is 33.2 Å². The minimum absolute atomic E-state index is 0.245. The molecule has 0 unspecified atom stereocenters.